The van der Waals surface area contributed by atoms with Gasteiger partial charge in [-0.25, -0.2) is 4.79 Å². The number of benzene rings is 1. The SMILES string of the molecule is O=C1c2ccccc2C(=O)N1CCCCCCO[C@@H]1C(O)[C@H](n2ccc(=O)[nH]c2=O)O[C@@H]1CO. The monoisotopic (exact) mass is 473 g/mol. The van der Waals surface area contributed by atoms with Crippen LogP contribution in [0.3, 0.4) is 0 Å². The molecule has 11 heteroatoms. The third-order valence-corrected chi connectivity index (χ3v) is 6.08. The number of hydrogen-bond donors (Lipinski definition) is 3. The van der Waals surface area contributed by atoms with E-state index in [1.165, 1.54) is 11.1 Å². The maximum atomic E-state index is 12.4. The van der Waals surface area contributed by atoms with Gasteiger partial charge in [-0.15, -0.1) is 0 Å². The van der Waals surface area contributed by atoms with Crippen LogP contribution in [0.2, 0.25) is 0 Å². The number of nitrogens with one attached hydrogen (secondary N) is 1. The van der Waals surface area contributed by atoms with Gasteiger partial charge in [0.15, 0.2) is 6.23 Å². The second-order valence-corrected chi connectivity index (χ2v) is 8.31. The number of carbonyl (C=O) groups is 2. The lowest BCUT2D eigenvalue weighted by Gasteiger charge is -2.20. The molecule has 2 aliphatic rings. The quantitative estimate of drug-likeness (QED) is 0.323. The summed E-state index contributed by atoms with van der Waals surface area (Å²) in [6, 6.07) is 7.93. The van der Waals surface area contributed by atoms with Gasteiger partial charge in [0.05, 0.1) is 17.7 Å². The van der Waals surface area contributed by atoms with Crippen molar-refractivity contribution in [2.45, 2.75) is 50.2 Å². The van der Waals surface area contributed by atoms with Gasteiger partial charge in [0.1, 0.15) is 18.3 Å². The molecule has 2 aliphatic heterocycles. The summed E-state index contributed by atoms with van der Waals surface area (Å²) in [5, 5.41) is 20.2. The summed E-state index contributed by atoms with van der Waals surface area (Å²) >= 11 is 0. The van der Waals surface area contributed by atoms with Gasteiger partial charge < -0.3 is 19.7 Å². The predicted molar refractivity (Wildman–Crippen MR) is 118 cm³/mol. The van der Waals surface area contributed by atoms with Crippen molar-refractivity contribution >= 4 is 11.8 Å². The highest BCUT2D eigenvalue weighted by molar-refractivity contribution is 6.21. The normalized spacial score (nSPS) is 24.1. The van der Waals surface area contributed by atoms with Gasteiger partial charge in [-0.05, 0) is 25.0 Å². The van der Waals surface area contributed by atoms with Crippen molar-refractivity contribution in [2.24, 2.45) is 0 Å². The summed E-state index contributed by atoms with van der Waals surface area (Å²) in [5.74, 6) is -0.518. The first kappa shape index (κ1) is 24.0. The standard InChI is InChI=1S/C23H27N3O8/c27-13-16-19(18(29)22(34-16)26-11-9-17(28)24-23(26)32)33-12-6-2-1-5-10-25-20(30)14-7-3-4-8-15(14)21(25)31/h3-4,7-9,11,16,18-19,22,27,29H,1-2,5-6,10,12-13H2,(H,24,28,32)/t16-,18?,19+,22-/m1/s1. The van der Waals surface area contributed by atoms with Crippen molar-refractivity contribution in [3.05, 3.63) is 68.5 Å². The lowest BCUT2D eigenvalue weighted by atomic mass is 10.1. The molecular formula is C23H27N3O8. The van der Waals surface area contributed by atoms with Crippen LogP contribution in [0.1, 0.15) is 52.6 Å². The fourth-order valence-electron chi connectivity index (χ4n) is 4.32. The number of aromatic nitrogens is 2. The molecule has 1 unspecified atom stereocenters. The molecule has 3 heterocycles. The average Bonchev–Trinajstić information content (AvgIpc) is 3.27. The Morgan fingerprint density at radius 2 is 1.65 bits per heavy atom. The minimum atomic E-state index is -1.21. The van der Waals surface area contributed by atoms with Crippen LogP contribution in [-0.4, -0.2) is 74.5 Å². The van der Waals surface area contributed by atoms with E-state index in [2.05, 4.69) is 4.98 Å². The summed E-state index contributed by atoms with van der Waals surface area (Å²) < 4.78 is 12.4. The number of ether oxygens (including phenoxy) is 2. The van der Waals surface area contributed by atoms with Crippen LogP contribution in [0, 0.1) is 0 Å². The molecule has 1 saturated heterocycles. The highest BCUT2D eigenvalue weighted by atomic mass is 16.6. The number of imide groups is 1. The molecule has 4 atom stereocenters. The number of nitrogens with zero attached hydrogens (tertiary/aromatic N) is 2. The van der Waals surface area contributed by atoms with Crippen molar-refractivity contribution in [3.63, 3.8) is 0 Å². The molecular weight excluding hydrogens is 446 g/mol. The number of hydrogen-bond acceptors (Lipinski definition) is 8. The Labute approximate surface area is 194 Å². The smallest absolute Gasteiger partial charge is 0.330 e. The molecule has 0 bridgehead atoms. The van der Waals surface area contributed by atoms with E-state index in [1.807, 2.05) is 0 Å². The first-order valence-electron chi connectivity index (χ1n) is 11.2. The minimum absolute atomic E-state index is 0.259. The van der Waals surface area contributed by atoms with Crippen molar-refractivity contribution in [3.8, 4) is 0 Å². The first-order chi connectivity index (χ1) is 16.4. The summed E-state index contributed by atoms with van der Waals surface area (Å²) in [6.07, 6.45) is 0.128. The molecule has 2 aromatic rings. The van der Waals surface area contributed by atoms with Crippen molar-refractivity contribution in [1.29, 1.82) is 0 Å². The van der Waals surface area contributed by atoms with Crippen molar-refractivity contribution in [2.75, 3.05) is 19.8 Å². The molecule has 0 radical (unpaired) electrons. The summed E-state index contributed by atoms with van der Waals surface area (Å²) in [7, 11) is 0. The number of aliphatic hydroxyl groups is 2. The Morgan fingerprint density at radius 1 is 0.971 bits per heavy atom. The van der Waals surface area contributed by atoms with Gasteiger partial charge >= 0.3 is 5.69 Å². The number of rotatable bonds is 10. The maximum absolute atomic E-state index is 12.4. The van der Waals surface area contributed by atoms with Gasteiger partial charge in [-0.3, -0.25) is 28.8 Å². The van der Waals surface area contributed by atoms with Crippen LogP contribution < -0.4 is 11.2 Å². The number of aliphatic hydroxyl groups excluding tert-OH is 2. The average molecular weight is 473 g/mol. The lowest BCUT2D eigenvalue weighted by molar-refractivity contribution is -0.0626. The largest absolute Gasteiger partial charge is 0.394 e. The lowest BCUT2D eigenvalue weighted by Crippen LogP contribution is -2.39. The zero-order valence-corrected chi connectivity index (χ0v) is 18.5. The fourth-order valence-corrected chi connectivity index (χ4v) is 4.32. The molecule has 34 heavy (non-hydrogen) atoms. The molecule has 0 spiro atoms. The highest BCUT2D eigenvalue weighted by Gasteiger charge is 2.45. The number of carbonyl (C=O) groups excluding carboxylic acids is 2. The Hall–Kier alpha value is -3.12. The van der Waals surface area contributed by atoms with Gasteiger partial charge in [0.25, 0.3) is 17.4 Å². The van der Waals surface area contributed by atoms with Gasteiger partial charge in [-0.1, -0.05) is 25.0 Å². The summed E-state index contributed by atoms with van der Waals surface area (Å²) in [4.78, 5) is 51.4. The molecule has 0 aliphatic carbocycles. The van der Waals surface area contributed by atoms with E-state index < -0.39 is 42.4 Å². The molecule has 182 valence electrons. The Bertz CT molecular complexity index is 1120. The van der Waals surface area contributed by atoms with Gasteiger partial charge in [-0.2, -0.15) is 0 Å². The van der Waals surface area contributed by atoms with E-state index >= 15 is 0 Å². The van der Waals surface area contributed by atoms with E-state index in [0.29, 0.717) is 37.1 Å². The minimum Gasteiger partial charge on any atom is -0.394 e. The molecule has 11 nitrogen and oxygen atoms in total. The third-order valence-electron chi connectivity index (χ3n) is 6.08. The number of unbranched alkanes of at least 4 members (excludes halogenated alkanes) is 3. The van der Waals surface area contributed by atoms with E-state index in [0.717, 1.165) is 23.5 Å². The molecule has 1 aromatic heterocycles. The van der Waals surface area contributed by atoms with E-state index in [9.17, 15) is 29.4 Å². The Kier molecular flexibility index (Phi) is 7.37. The van der Waals surface area contributed by atoms with E-state index in [-0.39, 0.29) is 11.8 Å². The maximum Gasteiger partial charge on any atom is 0.330 e. The van der Waals surface area contributed by atoms with E-state index in [4.69, 9.17) is 9.47 Å². The van der Waals surface area contributed by atoms with Gasteiger partial charge in [0.2, 0.25) is 0 Å². The summed E-state index contributed by atoms with van der Waals surface area (Å²) in [5.41, 5.74) is -0.409. The van der Waals surface area contributed by atoms with Crippen LogP contribution in [0.25, 0.3) is 0 Å². The van der Waals surface area contributed by atoms with Crippen molar-refractivity contribution in [1.82, 2.24) is 14.5 Å². The molecule has 4 rings (SSSR count). The summed E-state index contributed by atoms with van der Waals surface area (Å²) in [6.45, 7) is 0.239. The molecule has 1 fully saturated rings. The van der Waals surface area contributed by atoms with Gasteiger partial charge in [0, 0.05) is 25.4 Å². The molecule has 1 aromatic carbocycles. The zero-order valence-electron chi connectivity index (χ0n) is 18.5. The molecule has 2 amide bonds. The molecule has 3 N–H and O–H groups in total. The third kappa shape index (κ3) is 4.73. The van der Waals surface area contributed by atoms with Crippen LogP contribution in [0.4, 0.5) is 0 Å². The van der Waals surface area contributed by atoms with E-state index in [1.54, 1.807) is 24.3 Å². The predicted octanol–water partition coefficient (Wildman–Crippen LogP) is 0.0290. The zero-order chi connectivity index (χ0) is 24.2. The molecule has 0 saturated carbocycles. The van der Waals surface area contributed by atoms with Crippen LogP contribution in [-0.2, 0) is 9.47 Å². The van der Waals surface area contributed by atoms with Crippen LogP contribution in [0.5, 0.6) is 0 Å². The number of aromatic amines is 1. The second kappa shape index (κ2) is 10.4. The van der Waals surface area contributed by atoms with Crippen LogP contribution in [0.15, 0.2) is 46.1 Å². The second-order valence-electron chi connectivity index (χ2n) is 8.31. The Balaban J connectivity index is 1.20. The number of H-pyrrole nitrogens is 1. The van der Waals surface area contributed by atoms with Crippen LogP contribution >= 0.6 is 0 Å². The Morgan fingerprint density at radius 3 is 2.29 bits per heavy atom. The topological polar surface area (TPSA) is 151 Å². The number of amides is 2. The fraction of sp³-hybridized carbons (Fsp3) is 0.478. The highest BCUT2D eigenvalue weighted by Crippen LogP contribution is 2.30. The first-order valence-corrected chi connectivity index (χ1v) is 11.2. The van der Waals surface area contributed by atoms with Crippen molar-refractivity contribution < 1.29 is 29.3 Å². The number of fused-ring (bicyclic) bond motifs is 1.